The maximum atomic E-state index is 13.5. The molecule has 0 radical (unpaired) electrons. The van der Waals surface area contributed by atoms with Crippen molar-refractivity contribution in [3.05, 3.63) is 52.3 Å². The molecule has 0 saturated heterocycles. The highest BCUT2D eigenvalue weighted by atomic mass is 79.9. The third-order valence-corrected chi connectivity index (χ3v) is 2.98. The Kier molecular flexibility index (Phi) is 3.47. The van der Waals surface area contributed by atoms with Gasteiger partial charge in [-0.25, -0.2) is 13.2 Å². The summed E-state index contributed by atoms with van der Waals surface area (Å²) in [6.45, 7) is 0. The van der Waals surface area contributed by atoms with Crippen LogP contribution in [-0.2, 0) is 0 Å². The molecule has 2 rings (SSSR count). The Balaban J connectivity index is 2.46. The van der Waals surface area contributed by atoms with Crippen molar-refractivity contribution in [2.45, 2.75) is 0 Å². The highest BCUT2D eigenvalue weighted by Crippen LogP contribution is 2.32. The van der Waals surface area contributed by atoms with Gasteiger partial charge in [-0.15, -0.1) is 0 Å². The molecular weight excluding hydrogens is 309 g/mol. The Morgan fingerprint density at radius 3 is 2.44 bits per heavy atom. The molecule has 2 aromatic carbocycles. The quantitative estimate of drug-likeness (QED) is 0.815. The monoisotopic (exact) mass is 316 g/mol. The molecule has 6 heteroatoms. The van der Waals surface area contributed by atoms with Crippen molar-refractivity contribution in [3.63, 3.8) is 0 Å². The van der Waals surface area contributed by atoms with Crippen molar-refractivity contribution in [3.8, 4) is 0 Å². The summed E-state index contributed by atoms with van der Waals surface area (Å²) in [7, 11) is 0. The molecular formula is C12H8BrF3N2. The average Bonchev–Trinajstić information content (AvgIpc) is 2.30. The normalized spacial score (nSPS) is 10.4. The van der Waals surface area contributed by atoms with Gasteiger partial charge in [0.25, 0.3) is 0 Å². The fourth-order valence-corrected chi connectivity index (χ4v) is 1.88. The fraction of sp³-hybridized carbons (Fsp3) is 0. The van der Waals surface area contributed by atoms with Crippen LogP contribution in [0.25, 0.3) is 0 Å². The lowest BCUT2D eigenvalue weighted by molar-refractivity contribution is 0.587. The van der Waals surface area contributed by atoms with E-state index in [0.717, 1.165) is 6.07 Å². The molecule has 0 aliphatic carbocycles. The summed E-state index contributed by atoms with van der Waals surface area (Å²) < 4.78 is 40.3. The average molecular weight is 317 g/mol. The van der Waals surface area contributed by atoms with Crippen LogP contribution >= 0.6 is 15.9 Å². The van der Waals surface area contributed by atoms with Gasteiger partial charge in [-0.05, 0) is 34.1 Å². The van der Waals surface area contributed by atoms with Gasteiger partial charge in [0.1, 0.15) is 11.6 Å². The van der Waals surface area contributed by atoms with Crippen molar-refractivity contribution in [2.75, 3.05) is 11.1 Å². The lowest BCUT2D eigenvalue weighted by atomic mass is 10.2. The van der Waals surface area contributed by atoms with Crippen molar-refractivity contribution in [2.24, 2.45) is 0 Å². The zero-order valence-electron chi connectivity index (χ0n) is 8.98. The number of hydrogen-bond donors (Lipinski definition) is 2. The Bertz CT molecular complexity index is 582. The van der Waals surface area contributed by atoms with Crippen LogP contribution in [0.3, 0.4) is 0 Å². The summed E-state index contributed by atoms with van der Waals surface area (Å²) in [6, 6.07) is 5.98. The van der Waals surface area contributed by atoms with E-state index in [9.17, 15) is 13.2 Å². The Hall–Kier alpha value is -1.69. The Morgan fingerprint density at radius 1 is 1.06 bits per heavy atom. The smallest absolute Gasteiger partial charge is 0.151 e. The highest BCUT2D eigenvalue weighted by molar-refractivity contribution is 9.10. The summed E-state index contributed by atoms with van der Waals surface area (Å²) in [5.41, 5.74) is 5.22. The van der Waals surface area contributed by atoms with Gasteiger partial charge >= 0.3 is 0 Å². The van der Waals surface area contributed by atoms with Crippen molar-refractivity contribution >= 4 is 33.0 Å². The van der Waals surface area contributed by atoms with E-state index in [4.69, 9.17) is 5.73 Å². The van der Waals surface area contributed by atoms with Gasteiger partial charge in [-0.1, -0.05) is 6.07 Å². The summed E-state index contributed by atoms with van der Waals surface area (Å²) in [5, 5.41) is 2.56. The van der Waals surface area contributed by atoms with Gasteiger partial charge in [0.2, 0.25) is 0 Å². The topological polar surface area (TPSA) is 38.0 Å². The molecule has 0 aliphatic heterocycles. The molecule has 0 unspecified atom stereocenters. The van der Waals surface area contributed by atoms with E-state index >= 15 is 0 Å². The van der Waals surface area contributed by atoms with Crippen molar-refractivity contribution < 1.29 is 13.2 Å². The minimum atomic E-state index is -0.898. The van der Waals surface area contributed by atoms with Crippen LogP contribution in [0.1, 0.15) is 0 Å². The molecule has 0 bridgehead atoms. The predicted molar refractivity (Wildman–Crippen MR) is 68.2 cm³/mol. The predicted octanol–water partition coefficient (Wildman–Crippen LogP) is 4.19. The van der Waals surface area contributed by atoms with Gasteiger partial charge in [0.05, 0.1) is 17.1 Å². The van der Waals surface area contributed by atoms with Crippen LogP contribution in [0, 0.1) is 17.5 Å². The molecule has 0 heterocycles. The van der Waals surface area contributed by atoms with Crippen LogP contribution in [0.4, 0.5) is 30.2 Å². The van der Waals surface area contributed by atoms with Gasteiger partial charge < -0.3 is 11.1 Å². The molecule has 0 saturated carbocycles. The number of halogens is 4. The van der Waals surface area contributed by atoms with Gasteiger partial charge in [0, 0.05) is 10.5 Å². The molecule has 0 aliphatic rings. The van der Waals surface area contributed by atoms with E-state index in [-0.39, 0.29) is 17.1 Å². The molecule has 0 aromatic heterocycles. The van der Waals surface area contributed by atoms with E-state index in [1.807, 2.05) is 0 Å². The van der Waals surface area contributed by atoms with Crippen LogP contribution in [-0.4, -0.2) is 0 Å². The molecule has 2 nitrogen and oxygen atoms in total. The molecule has 0 spiro atoms. The van der Waals surface area contributed by atoms with Crippen LogP contribution < -0.4 is 11.1 Å². The molecule has 0 amide bonds. The minimum absolute atomic E-state index is 0.0294. The van der Waals surface area contributed by atoms with Gasteiger partial charge in [-0.3, -0.25) is 0 Å². The van der Waals surface area contributed by atoms with E-state index in [1.54, 1.807) is 6.07 Å². The number of rotatable bonds is 2. The first kappa shape index (κ1) is 12.8. The molecule has 18 heavy (non-hydrogen) atoms. The van der Waals surface area contributed by atoms with E-state index < -0.39 is 17.5 Å². The lowest BCUT2D eigenvalue weighted by Crippen LogP contribution is -2.02. The molecule has 94 valence electrons. The zero-order valence-corrected chi connectivity index (χ0v) is 10.6. The first-order valence-electron chi connectivity index (χ1n) is 4.94. The van der Waals surface area contributed by atoms with Crippen LogP contribution in [0.15, 0.2) is 34.8 Å². The van der Waals surface area contributed by atoms with E-state index in [0.29, 0.717) is 10.5 Å². The standard InChI is InChI=1S/C12H8BrF3N2/c13-7-2-1-3-8(15)12(7)18-10-5-6(14)4-9(16)11(10)17/h1-5,18H,17H2. The minimum Gasteiger partial charge on any atom is -0.395 e. The molecule has 3 N–H and O–H groups in total. The second kappa shape index (κ2) is 4.89. The number of anilines is 3. The number of nitrogens with two attached hydrogens (primary N) is 1. The van der Waals surface area contributed by atoms with E-state index in [1.165, 1.54) is 12.1 Å². The SMILES string of the molecule is Nc1c(F)cc(F)cc1Nc1c(F)cccc1Br. The summed E-state index contributed by atoms with van der Waals surface area (Å²) in [5.74, 6) is -2.25. The van der Waals surface area contributed by atoms with Crippen molar-refractivity contribution in [1.82, 2.24) is 0 Å². The third kappa shape index (κ3) is 2.43. The lowest BCUT2D eigenvalue weighted by Gasteiger charge is -2.12. The second-order valence-corrected chi connectivity index (χ2v) is 4.42. The van der Waals surface area contributed by atoms with Crippen molar-refractivity contribution in [1.29, 1.82) is 0 Å². The first-order chi connectivity index (χ1) is 8.49. The Morgan fingerprint density at radius 2 is 1.78 bits per heavy atom. The molecule has 2 aromatic rings. The largest absolute Gasteiger partial charge is 0.395 e. The summed E-state index contributed by atoms with van der Waals surface area (Å²) in [6.07, 6.45) is 0. The Labute approximate surface area is 110 Å². The maximum Gasteiger partial charge on any atom is 0.151 e. The number of nitrogens with one attached hydrogen (secondary N) is 1. The fourth-order valence-electron chi connectivity index (χ4n) is 1.44. The molecule has 0 atom stereocenters. The number of hydrogen-bond acceptors (Lipinski definition) is 2. The van der Waals surface area contributed by atoms with Gasteiger partial charge in [-0.2, -0.15) is 0 Å². The second-order valence-electron chi connectivity index (χ2n) is 3.57. The molecule has 0 fully saturated rings. The first-order valence-corrected chi connectivity index (χ1v) is 5.74. The zero-order chi connectivity index (χ0) is 13.3. The highest BCUT2D eigenvalue weighted by Gasteiger charge is 2.12. The summed E-state index contributed by atoms with van der Waals surface area (Å²) in [4.78, 5) is 0. The number of benzene rings is 2. The number of nitrogen functional groups attached to an aromatic ring is 1. The van der Waals surface area contributed by atoms with Crippen LogP contribution in [0.2, 0.25) is 0 Å². The maximum absolute atomic E-state index is 13.5. The van der Waals surface area contributed by atoms with Gasteiger partial charge in [0.15, 0.2) is 5.82 Å². The third-order valence-electron chi connectivity index (χ3n) is 2.32. The van der Waals surface area contributed by atoms with Crippen LogP contribution in [0.5, 0.6) is 0 Å². The number of para-hydroxylation sites is 1. The summed E-state index contributed by atoms with van der Waals surface area (Å²) >= 11 is 3.14. The van der Waals surface area contributed by atoms with E-state index in [2.05, 4.69) is 21.2 Å².